The molecule has 2 aliphatic carbocycles. The Labute approximate surface area is 197 Å². The average Bonchev–Trinajstić information content (AvgIpc) is 3.56. The Morgan fingerprint density at radius 3 is 2.38 bits per heavy atom. The number of aryl methyl sites for hydroxylation is 1. The maximum atomic E-state index is 14.2. The molecule has 1 amide bonds. The maximum Gasteiger partial charge on any atom is 0.254 e. The van der Waals surface area contributed by atoms with Crippen LogP contribution in [0.2, 0.25) is 0 Å². The van der Waals surface area contributed by atoms with Crippen molar-refractivity contribution in [3.63, 3.8) is 0 Å². The molecule has 3 fully saturated rings. The van der Waals surface area contributed by atoms with Crippen molar-refractivity contribution in [2.24, 2.45) is 5.92 Å². The van der Waals surface area contributed by atoms with Crippen molar-refractivity contribution in [3.05, 3.63) is 35.1 Å². The normalized spacial score (nSPS) is 22.2. The smallest absolute Gasteiger partial charge is 0.254 e. The minimum atomic E-state index is -3.17. The molecule has 3 aliphatic rings. The Hall–Kier alpha value is -1.22. The van der Waals surface area contributed by atoms with Crippen LogP contribution in [0, 0.1) is 18.7 Å². The highest BCUT2D eigenvalue weighted by Gasteiger charge is 2.42. The van der Waals surface area contributed by atoms with E-state index in [0.29, 0.717) is 44.2 Å². The molecule has 0 atom stereocenters. The SMILES string of the molecule is Cc1cccc(F)c1C(=O)NCC1(N2CCN(S(=O)(=O)CC3CC3)CC2)CCCCC1.Cl. The van der Waals surface area contributed by atoms with E-state index in [1.165, 1.54) is 12.5 Å². The summed E-state index contributed by atoms with van der Waals surface area (Å²) in [7, 11) is -3.17. The lowest BCUT2D eigenvalue weighted by atomic mass is 9.79. The van der Waals surface area contributed by atoms with Gasteiger partial charge in [0.05, 0.1) is 11.3 Å². The number of rotatable bonds is 7. The van der Waals surface area contributed by atoms with E-state index in [1.54, 1.807) is 23.4 Å². The monoisotopic (exact) mass is 487 g/mol. The third-order valence-corrected chi connectivity index (χ3v) is 9.30. The van der Waals surface area contributed by atoms with E-state index in [2.05, 4.69) is 10.2 Å². The van der Waals surface area contributed by atoms with Crippen molar-refractivity contribution >= 4 is 28.3 Å². The van der Waals surface area contributed by atoms with E-state index in [0.717, 1.165) is 38.5 Å². The van der Waals surface area contributed by atoms with Crippen LogP contribution in [0.25, 0.3) is 0 Å². The first-order valence-electron chi connectivity index (χ1n) is 11.6. The molecule has 0 radical (unpaired) electrons. The van der Waals surface area contributed by atoms with Crippen LogP contribution in [0.3, 0.4) is 0 Å². The van der Waals surface area contributed by atoms with Crippen LogP contribution < -0.4 is 5.32 Å². The van der Waals surface area contributed by atoms with Gasteiger partial charge in [-0.15, -0.1) is 12.4 Å². The quantitative estimate of drug-likeness (QED) is 0.640. The van der Waals surface area contributed by atoms with Gasteiger partial charge in [-0.1, -0.05) is 31.4 Å². The topological polar surface area (TPSA) is 69.7 Å². The fourth-order valence-electron chi connectivity index (χ4n) is 5.20. The van der Waals surface area contributed by atoms with E-state index in [-0.39, 0.29) is 35.2 Å². The van der Waals surface area contributed by atoms with Crippen LogP contribution in [0.1, 0.15) is 60.9 Å². The van der Waals surface area contributed by atoms with Gasteiger partial charge in [0, 0.05) is 38.3 Å². The number of benzene rings is 1. The van der Waals surface area contributed by atoms with E-state index in [9.17, 15) is 17.6 Å². The standard InChI is InChI=1S/C23H34FN3O3S.ClH/c1-18-6-5-7-20(24)21(18)22(28)25-17-23(10-3-2-4-11-23)26-12-14-27(15-13-26)31(29,30)16-19-8-9-19;/h5-7,19H,2-4,8-17H2,1H3,(H,25,28);1H. The van der Waals surface area contributed by atoms with Gasteiger partial charge in [0.1, 0.15) is 5.82 Å². The van der Waals surface area contributed by atoms with Crippen molar-refractivity contribution in [2.45, 2.75) is 57.4 Å². The minimum Gasteiger partial charge on any atom is -0.350 e. The highest BCUT2D eigenvalue weighted by Crippen LogP contribution is 2.35. The number of carbonyl (C=O) groups is 1. The average molecular weight is 488 g/mol. The lowest BCUT2D eigenvalue weighted by Crippen LogP contribution is -2.62. The Bertz CT molecular complexity index is 889. The van der Waals surface area contributed by atoms with E-state index < -0.39 is 15.8 Å². The Balaban J connectivity index is 0.00000289. The van der Waals surface area contributed by atoms with Crippen LogP contribution in [0.5, 0.6) is 0 Å². The fraction of sp³-hybridized carbons (Fsp3) is 0.696. The molecule has 1 aliphatic heterocycles. The van der Waals surface area contributed by atoms with E-state index in [1.807, 2.05) is 0 Å². The lowest BCUT2D eigenvalue weighted by molar-refractivity contribution is 0.0239. The third-order valence-electron chi connectivity index (χ3n) is 7.26. The molecule has 6 nitrogen and oxygen atoms in total. The number of hydrogen-bond donors (Lipinski definition) is 1. The van der Waals surface area contributed by atoms with Gasteiger partial charge < -0.3 is 5.32 Å². The second kappa shape index (κ2) is 10.4. The van der Waals surface area contributed by atoms with Gasteiger partial charge >= 0.3 is 0 Å². The van der Waals surface area contributed by atoms with Crippen molar-refractivity contribution in [3.8, 4) is 0 Å². The highest BCUT2D eigenvalue weighted by molar-refractivity contribution is 7.89. The van der Waals surface area contributed by atoms with Crippen LogP contribution >= 0.6 is 12.4 Å². The zero-order valence-corrected chi connectivity index (χ0v) is 20.4. The molecule has 0 bridgehead atoms. The predicted molar refractivity (Wildman–Crippen MR) is 126 cm³/mol. The first-order valence-corrected chi connectivity index (χ1v) is 13.2. The summed E-state index contributed by atoms with van der Waals surface area (Å²) in [4.78, 5) is 15.2. The Morgan fingerprint density at radius 2 is 1.78 bits per heavy atom. The largest absolute Gasteiger partial charge is 0.350 e. The Morgan fingerprint density at radius 1 is 1.12 bits per heavy atom. The molecule has 1 aromatic carbocycles. The molecule has 0 unspecified atom stereocenters. The van der Waals surface area contributed by atoms with Gasteiger partial charge in [0.15, 0.2) is 0 Å². The van der Waals surface area contributed by atoms with E-state index >= 15 is 0 Å². The molecule has 32 heavy (non-hydrogen) atoms. The molecule has 4 rings (SSSR count). The van der Waals surface area contributed by atoms with Crippen molar-refractivity contribution in [1.29, 1.82) is 0 Å². The van der Waals surface area contributed by atoms with Gasteiger partial charge in [-0.05, 0) is 50.2 Å². The first-order chi connectivity index (χ1) is 14.8. The summed E-state index contributed by atoms with van der Waals surface area (Å²) in [5.41, 5.74) is 0.563. The van der Waals surface area contributed by atoms with Crippen molar-refractivity contribution < 1.29 is 17.6 Å². The highest BCUT2D eigenvalue weighted by atomic mass is 35.5. The Kier molecular flexibility index (Phi) is 8.23. The van der Waals surface area contributed by atoms with Crippen molar-refractivity contribution in [1.82, 2.24) is 14.5 Å². The molecule has 180 valence electrons. The number of nitrogens with zero attached hydrogens (tertiary/aromatic N) is 2. The number of sulfonamides is 1. The molecule has 9 heteroatoms. The summed E-state index contributed by atoms with van der Waals surface area (Å²) in [6.45, 7) is 4.59. The molecule has 0 spiro atoms. The van der Waals surface area contributed by atoms with Crippen LogP contribution in [-0.2, 0) is 10.0 Å². The predicted octanol–water partition coefficient (Wildman–Crippen LogP) is 3.35. The minimum absolute atomic E-state index is 0. The number of amides is 1. The number of carbonyl (C=O) groups excluding carboxylic acids is 1. The molecule has 2 saturated carbocycles. The number of nitrogens with one attached hydrogen (secondary N) is 1. The van der Waals surface area contributed by atoms with Gasteiger partial charge in [0.25, 0.3) is 5.91 Å². The van der Waals surface area contributed by atoms with Gasteiger partial charge in [-0.3, -0.25) is 9.69 Å². The summed E-state index contributed by atoms with van der Waals surface area (Å²) >= 11 is 0. The first kappa shape index (κ1) is 25.4. The zero-order chi connectivity index (χ0) is 22.1. The van der Waals surface area contributed by atoms with Gasteiger partial charge in [0.2, 0.25) is 10.0 Å². The molecular weight excluding hydrogens is 453 g/mol. The number of piperazine rings is 1. The molecule has 1 heterocycles. The van der Waals surface area contributed by atoms with E-state index in [4.69, 9.17) is 0 Å². The number of halogens is 2. The lowest BCUT2D eigenvalue weighted by Gasteiger charge is -2.49. The third kappa shape index (κ3) is 5.64. The van der Waals surface area contributed by atoms with Gasteiger partial charge in [-0.25, -0.2) is 12.8 Å². The summed E-state index contributed by atoms with van der Waals surface area (Å²) in [5.74, 6) is -0.225. The molecule has 1 N–H and O–H groups in total. The summed E-state index contributed by atoms with van der Waals surface area (Å²) in [6.07, 6.45) is 7.37. The van der Waals surface area contributed by atoms with Gasteiger partial charge in [-0.2, -0.15) is 4.31 Å². The van der Waals surface area contributed by atoms with Crippen LogP contribution in [0.4, 0.5) is 4.39 Å². The van der Waals surface area contributed by atoms with Crippen molar-refractivity contribution in [2.75, 3.05) is 38.5 Å². The van der Waals surface area contributed by atoms with Crippen LogP contribution in [-0.4, -0.2) is 67.5 Å². The molecule has 1 aromatic rings. The second-order valence-corrected chi connectivity index (χ2v) is 11.5. The van der Waals surface area contributed by atoms with Crippen LogP contribution in [0.15, 0.2) is 18.2 Å². The second-order valence-electron chi connectivity index (χ2n) is 9.51. The summed E-state index contributed by atoms with van der Waals surface area (Å²) < 4.78 is 41.2. The fourth-order valence-corrected chi connectivity index (χ4v) is 7.06. The summed E-state index contributed by atoms with van der Waals surface area (Å²) in [5, 5.41) is 3.01. The molecule has 0 aromatic heterocycles. The molecule has 1 saturated heterocycles. The molecular formula is C23H35ClFN3O3S. The maximum absolute atomic E-state index is 14.2. The summed E-state index contributed by atoms with van der Waals surface area (Å²) in [6, 6.07) is 4.68. The zero-order valence-electron chi connectivity index (χ0n) is 18.8. The number of hydrogen-bond acceptors (Lipinski definition) is 4.